The maximum atomic E-state index is 9.12. The maximum absolute atomic E-state index is 9.12. The summed E-state index contributed by atoms with van der Waals surface area (Å²) in [4.78, 5) is 0. The molecule has 1 heteroatoms. The first-order valence-corrected chi connectivity index (χ1v) is 41.3. The van der Waals surface area contributed by atoms with E-state index in [0.717, 1.165) is 128 Å². The molecule has 570 valence electrons. The Balaban J connectivity index is 4.35. The molecule has 0 aromatic heterocycles. The molecular formula is C100H164O. The van der Waals surface area contributed by atoms with Gasteiger partial charge in [0, 0.05) is 6.61 Å². The van der Waals surface area contributed by atoms with E-state index < -0.39 is 0 Å². The van der Waals surface area contributed by atoms with Crippen LogP contribution in [0.2, 0.25) is 0 Å². The minimum atomic E-state index is 0.308. The van der Waals surface area contributed by atoms with Crippen LogP contribution in [-0.4, -0.2) is 11.7 Å². The largest absolute Gasteiger partial charge is 0.396 e. The first-order valence-electron chi connectivity index (χ1n) is 41.3. The Morgan fingerprint density at radius 2 is 0.277 bits per heavy atom. The van der Waals surface area contributed by atoms with Crippen LogP contribution in [0, 0.1) is 5.92 Å². The molecule has 101 heavy (non-hydrogen) atoms. The zero-order valence-electron chi connectivity index (χ0n) is 70.8. The lowest BCUT2D eigenvalue weighted by molar-refractivity contribution is 0.259. The molecule has 0 heterocycles. The van der Waals surface area contributed by atoms with Crippen molar-refractivity contribution in [1.82, 2.24) is 0 Å². The molecule has 0 bridgehead atoms. The van der Waals surface area contributed by atoms with E-state index in [-0.39, 0.29) is 0 Å². The zero-order valence-corrected chi connectivity index (χ0v) is 70.8. The van der Waals surface area contributed by atoms with E-state index >= 15 is 0 Å². The Labute approximate surface area is 631 Å². The third kappa shape index (κ3) is 65.5. The number of hydrogen-bond acceptors (Lipinski definition) is 1. The lowest BCUT2D eigenvalue weighted by atomic mass is 10.0. The van der Waals surface area contributed by atoms with Gasteiger partial charge in [-0.15, -0.1) is 0 Å². The highest BCUT2D eigenvalue weighted by Crippen LogP contribution is 2.23. The third-order valence-corrected chi connectivity index (χ3v) is 20.4. The Bertz CT molecular complexity index is 2860. The van der Waals surface area contributed by atoms with Crippen molar-refractivity contribution in [2.45, 2.75) is 396 Å². The number of hydrogen-bond donors (Lipinski definition) is 1. The normalized spacial score (nSPS) is 15.5. The van der Waals surface area contributed by atoms with Crippen molar-refractivity contribution >= 4 is 0 Å². The summed E-state index contributed by atoms with van der Waals surface area (Å²) >= 11 is 0. The predicted octanol–water partition coefficient (Wildman–Crippen LogP) is 33.8. The number of rotatable bonds is 59. The molecule has 0 saturated carbocycles. The summed E-state index contributed by atoms with van der Waals surface area (Å²) in [6.07, 6.45) is 91.8. The maximum Gasteiger partial charge on any atom is 0.0433 e. The molecule has 1 N–H and O–H groups in total. The monoisotopic (exact) mass is 1380 g/mol. The Morgan fingerprint density at radius 1 is 0.168 bits per heavy atom. The fourth-order valence-electron chi connectivity index (χ4n) is 12.7. The van der Waals surface area contributed by atoms with Crippen LogP contribution in [-0.2, 0) is 0 Å². The first-order chi connectivity index (χ1) is 48.3. The van der Waals surface area contributed by atoms with Gasteiger partial charge in [0.25, 0.3) is 0 Å². The smallest absolute Gasteiger partial charge is 0.0433 e. The molecular weight excluding hydrogens is 1220 g/mol. The Morgan fingerprint density at radius 3 is 0.386 bits per heavy atom. The highest BCUT2D eigenvalue weighted by atomic mass is 16.3. The quantitative estimate of drug-likeness (QED) is 0.0602. The second-order valence-corrected chi connectivity index (χ2v) is 32.1. The fourth-order valence-corrected chi connectivity index (χ4v) is 12.7. The number of aliphatic hydroxyl groups excluding tert-OH is 1. The van der Waals surface area contributed by atoms with E-state index in [4.69, 9.17) is 5.11 Å². The molecule has 0 radical (unpaired) electrons. The van der Waals surface area contributed by atoms with Crippen molar-refractivity contribution in [3.05, 3.63) is 221 Å². The van der Waals surface area contributed by atoms with E-state index in [0.29, 0.717) is 12.5 Å². The van der Waals surface area contributed by atoms with Crippen LogP contribution in [0.25, 0.3) is 0 Å². The van der Waals surface area contributed by atoms with Gasteiger partial charge in [0.2, 0.25) is 0 Å². The topological polar surface area (TPSA) is 20.2 Å². The molecule has 0 aromatic rings. The molecule has 0 aliphatic rings. The molecule has 0 spiro atoms. The second-order valence-electron chi connectivity index (χ2n) is 32.1. The SMILES string of the molecule is CC(C)=CCC/C(C)=C/CC/C(C)=C/CC/C(C)=C\CC/C(C)=C\CC/C(C)=C\CC/C(C)=C\CC/C(C)=C\CC/C(C)=C\CC/C(C)=C\CC/C(C)=C\CC/C(C)=C\CC/C(C)=C\CC/C(C)=C\CC/C(C)=C\CC/C(C)=C\CC/C(C)=C\CC/C(C)=C\CC/C(C)=C\CCC(C)CCO. The van der Waals surface area contributed by atoms with Crippen molar-refractivity contribution in [2.75, 3.05) is 6.61 Å². The van der Waals surface area contributed by atoms with Crippen LogP contribution in [0.5, 0.6) is 0 Å². The average Bonchev–Trinajstić information content (AvgIpc) is 3.74. The summed E-state index contributed by atoms with van der Waals surface area (Å²) in [5.41, 5.74) is 28.9. The van der Waals surface area contributed by atoms with Crippen LogP contribution in [0.1, 0.15) is 396 Å². The summed E-state index contributed by atoms with van der Waals surface area (Å²) in [5.74, 6) is 0.611. The van der Waals surface area contributed by atoms with Gasteiger partial charge in [-0.2, -0.15) is 0 Å². The molecule has 0 saturated heterocycles. The van der Waals surface area contributed by atoms with Crippen LogP contribution in [0.4, 0.5) is 0 Å². The van der Waals surface area contributed by atoms with Crippen molar-refractivity contribution in [3.63, 3.8) is 0 Å². The first kappa shape index (κ1) is 96.0. The Hall–Kier alpha value is -4.98. The van der Waals surface area contributed by atoms with Crippen molar-refractivity contribution < 1.29 is 5.11 Å². The molecule has 0 rings (SSSR count). The van der Waals surface area contributed by atoms with Gasteiger partial charge in [-0.1, -0.05) is 228 Å². The molecule has 0 aliphatic carbocycles. The summed E-state index contributed by atoms with van der Waals surface area (Å²) in [6.45, 7) is 48.5. The highest BCUT2D eigenvalue weighted by Gasteiger charge is 2.04. The van der Waals surface area contributed by atoms with Crippen molar-refractivity contribution in [3.8, 4) is 0 Å². The van der Waals surface area contributed by atoms with Gasteiger partial charge >= 0.3 is 0 Å². The molecule has 0 aliphatic heterocycles. The van der Waals surface area contributed by atoms with E-state index in [1.807, 2.05) is 0 Å². The summed E-state index contributed by atoms with van der Waals surface area (Å²) < 4.78 is 0. The molecule has 0 amide bonds. The van der Waals surface area contributed by atoms with E-state index in [1.54, 1.807) is 0 Å². The lowest BCUT2D eigenvalue weighted by Crippen LogP contribution is -1.97. The van der Waals surface area contributed by atoms with Gasteiger partial charge in [-0.05, 0) is 395 Å². The zero-order chi connectivity index (χ0) is 75.3. The standard InChI is InChI=1S/C100H164O/c1-81(2)41-22-42-82(3)43-23-44-83(4)45-24-46-84(5)47-25-48-85(6)49-26-50-86(7)51-27-52-87(8)53-28-54-88(9)55-29-56-89(10)57-30-58-90(11)59-31-60-91(12)61-32-62-92(13)63-33-64-93(14)65-34-66-94(15)67-35-68-95(16)69-36-70-96(17)71-37-72-97(18)73-38-74-98(19)75-39-76-99(20)77-40-78-100(21)79-80-101/h41,43,45,47,49,51,53,55,57,59,61,63,65,67,69,71,73,75,77,100-101H,22-40,42,44,46,48,50,52,54,56,58,60,62,64,66,68,70,72,74,76,78-80H2,1-21H3/b82-43+,83-45+,84-47-,85-49-,86-51-,87-53-,88-55-,89-57-,90-59-,91-61-,92-63-,93-65-,94-67-,95-69-,96-71-,97-73-,98-75-,99-77-. The van der Waals surface area contributed by atoms with Gasteiger partial charge in [-0.25, -0.2) is 0 Å². The summed E-state index contributed by atoms with van der Waals surface area (Å²) in [6, 6.07) is 0. The molecule has 1 unspecified atom stereocenters. The van der Waals surface area contributed by atoms with Gasteiger partial charge in [0.05, 0.1) is 0 Å². The molecule has 1 atom stereocenters. The molecule has 0 aromatic carbocycles. The number of aliphatic hydroxyl groups is 1. The average molecular weight is 1380 g/mol. The Kier molecular flexibility index (Phi) is 61.4. The molecule has 1 nitrogen and oxygen atoms in total. The van der Waals surface area contributed by atoms with Crippen LogP contribution >= 0.6 is 0 Å². The lowest BCUT2D eigenvalue weighted by Gasteiger charge is -2.07. The molecule has 0 fully saturated rings. The minimum absolute atomic E-state index is 0.308. The van der Waals surface area contributed by atoms with E-state index in [9.17, 15) is 0 Å². The van der Waals surface area contributed by atoms with Gasteiger partial charge in [0.15, 0.2) is 0 Å². The van der Waals surface area contributed by atoms with Gasteiger partial charge < -0.3 is 5.11 Å². The third-order valence-electron chi connectivity index (χ3n) is 20.4. The number of allylic oxidation sites excluding steroid dienone is 38. The van der Waals surface area contributed by atoms with E-state index in [2.05, 4.69) is 261 Å². The van der Waals surface area contributed by atoms with Crippen LogP contribution in [0.3, 0.4) is 0 Å². The van der Waals surface area contributed by atoms with E-state index in [1.165, 1.54) is 228 Å². The van der Waals surface area contributed by atoms with Gasteiger partial charge in [-0.3, -0.25) is 0 Å². The second kappa shape index (κ2) is 64.6. The van der Waals surface area contributed by atoms with Crippen LogP contribution in [0.15, 0.2) is 221 Å². The summed E-state index contributed by atoms with van der Waals surface area (Å²) in [5, 5.41) is 9.12. The van der Waals surface area contributed by atoms with Crippen molar-refractivity contribution in [1.29, 1.82) is 0 Å². The highest BCUT2D eigenvalue weighted by molar-refractivity contribution is 5.15. The van der Waals surface area contributed by atoms with Crippen molar-refractivity contribution in [2.24, 2.45) is 5.92 Å². The van der Waals surface area contributed by atoms with Crippen LogP contribution < -0.4 is 0 Å². The van der Waals surface area contributed by atoms with Gasteiger partial charge in [0.1, 0.15) is 0 Å². The summed E-state index contributed by atoms with van der Waals surface area (Å²) in [7, 11) is 0. The predicted molar refractivity (Wildman–Crippen MR) is 463 cm³/mol. The minimum Gasteiger partial charge on any atom is -0.396 e. The fraction of sp³-hybridized carbons (Fsp3) is 0.620.